The Balaban J connectivity index is -0.0000000326. The third-order valence-electron chi connectivity index (χ3n) is 6.70. The van der Waals surface area contributed by atoms with Crippen molar-refractivity contribution < 1.29 is 182 Å². The van der Waals surface area contributed by atoms with Crippen molar-refractivity contribution in [2.45, 2.75) is 173 Å². The number of carboxylic acid groups (broad SMARTS) is 12. The summed E-state index contributed by atoms with van der Waals surface area (Å²) in [4.78, 5) is 117. The number of alkyl halides is 8. The van der Waals surface area contributed by atoms with Crippen LogP contribution in [0.25, 0.3) is 0 Å². The quantitative estimate of drug-likeness (QED) is 0.0339. The Kier molecular flexibility index (Phi) is 133. The number of carbonyl (C=O) groups is 12. The summed E-state index contributed by atoms with van der Waals surface area (Å²) >= 11 is 42.8. The maximum atomic E-state index is 10.2. The van der Waals surface area contributed by atoms with Crippen LogP contribution in [0.15, 0.2) is 0 Å². The molecular weight excluding hydrogens is 1850 g/mol. The standard InChI is InChI=1S/4C6H10Cl2O2.4C4H6O4.8H3N.3Pt/c4*1-2-3-4-6(7,8)5(9)10;4*5-3(6)1-2-4(7)8;;;;;;;;;;;/h4*2-4H2,1H3,(H,9,10);4*1-2H2,(H,5,6)(H,7,8);8*1H3;;;/q;;;;;;;;;;;;;;;;3*+4/p-12. The average Bonchev–Trinajstić information content (AvgIpc) is 3.24. The van der Waals surface area contributed by atoms with Crippen LogP contribution in [-0.4, -0.2) is 89.0 Å². The molecule has 0 bridgehead atoms. The van der Waals surface area contributed by atoms with E-state index in [1.54, 1.807) is 0 Å². The molecule has 0 spiro atoms. The van der Waals surface area contributed by atoms with Gasteiger partial charge in [-0.25, -0.2) is 0 Å². The molecule has 0 saturated carbocycles. The van der Waals surface area contributed by atoms with Gasteiger partial charge in [0, 0.05) is 47.8 Å². The van der Waals surface area contributed by atoms with Crippen LogP contribution >= 0.6 is 92.8 Å². The van der Waals surface area contributed by atoms with Crippen LogP contribution in [0.3, 0.4) is 0 Å². The van der Waals surface area contributed by atoms with Crippen molar-refractivity contribution in [2.24, 2.45) is 0 Å². The third-order valence-corrected chi connectivity index (χ3v) is 9.45. The van der Waals surface area contributed by atoms with Gasteiger partial charge >= 0.3 is 63.2 Å². The van der Waals surface area contributed by atoms with Gasteiger partial charge in [0.2, 0.25) is 0 Å². The van der Waals surface area contributed by atoms with Gasteiger partial charge in [-0.1, -0.05) is 172 Å². The molecule has 0 rings (SSSR count). The first-order valence-electron chi connectivity index (χ1n) is 20.5. The molecule has 0 aromatic carbocycles. The molecule has 506 valence electrons. The predicted molar refractivity (Wildman–Crippen MR) is 273 cm³/mol. The summed E-state index contributed by atoms with van der Waals surface area (Å²) in [5.41, 5.74) is 0. The Hall–Kier alpha value is -2.30. The first-order valence-corrected chi connectivity index (χ1v) is 23.5. The van der Waals surface area contributed by atoms with E-state index in [1.165, 1.54) is 0 Å². The van der Waals surface area contributed by atoms with Crippen molar-refractivity contribution in [3.63, 3.8) is 0 Å². The second-order valence-corrected chi connectivity index (χ2v) is 19.3. The van der Waals surface area contributed by atoms with Crippen molar-refractivity contribution in [1.82, 2.24) is 49.2 Å². The number of halogens is 8. The number of unbranched alkanes of at least 4 members (excludes halogenated alkanes) is 4. The van der Waals surface area contributed by atoms with Crippen LogP contribution in [0, 0.1) is 0 Å². The number of rotatable bonds is 28. The van der Waals surface area contributed by atoms with Crippen LogP contribution in [0.5, 0.6) is 0 Å². The van der Waals surface area contributed by atoms with Crippen LogP contribution in [0.1, 0.15) is 156 Å². The minimum Gasteiger partial charge on any atom is -0.550 e. The Morgan fingerprint density at radius 2 is 0.325 bits per heavy atom. The summed E-state index contributed by atoms with van der Waals surface area (Å²) in [5, 5.41) is 117. The first kappa shape index (κ1) is 135. The van der Waals surface area contributed by atoms with Gasteiger partial charge in [0.1, 0.15) is 0 Å². The Bertz CT molecular complexity index is 1390. The van der Waals surface area contributed by atoms with Gasteiger partial charge in [0.05, 0.1) is 23.9 Å². The van der Waals surface area contributed by atoms with Gasteiger partial charge in [-0.2, -0.15) is 0 Å². The first-order chi connectivity index (χ1) is 32.5. The van der Waals surface area contributed by atoms with E-state index >= 15 is 0 Å². The van der Waals surface area contributed by atoms with Crippen molar-refractivity contribution in [3.05, 3.63) is 0 Å². The average molecular weight is 1920 g/mol. The van der Waals surface area contributed by atoms with Crippen LogP contribution in [0.2, 0.25) is 0 Å². The van der Waals surface area contributed by atoms with Crippen molar-refractivity contribution in [2.75, 3.05) is 0 Å². The van der Waals surface area contributed by atoms with Crippen molar-refractivity contribution >= 4 is 164 Å². The summed E-state index contributed by atoms with van der Waals surface area (Å²) in [6.45, 7) is 7.72. The zero-order valence-corrected chi connectivity index (χ0v) is 58.4. The smallest absolute Gasteiger partial charge is 0.550 e. The van der Waals surface area contributed by atoms with Gasteiger partial charge in [0.15, 0.2) is 17.3 Å². The minimum absolute atomic E-state index is 0. The van der Waals surface area contributed by atoms with E-state index in [4.69, 9.17) is 92.8 Å². The molecular formula is C40H76Cl8N8O24Pt3. The number of hydrogen-bond donors (Lipinski definition) is 8. The molecule has 0 aromatic rings. The molecule has 0 unspecified atom stereocenters. The number of carboxylic acids is 12. The molecule has 43 heteroatoms. The Labute approximate surface area is 564 Å². The summed E-state index contributed by atoms with van der Waals surface area (Å²) < 4.78 is -6.79. The maximum Gasteiger partial charge on any atom is 4.00 e. The number of aliphatic carboxylic acids is 12. The molecule has 0 radical (unpaired) electrons. The molecule has 0 heterocycles. The molecule has 0 saturated heterocycles. The molecule has 0 aliphatic heterocycles. The van der Waals surface area contributed by atoms with E-state index in [9.17, 15) is 119 Å². The molecule has 32 nitrogen and oxygen atoms in total. The van der Waals surface area contributed by atoms with Gasteiger partial charge in [-0.3, -0.25) is 0 Å². The number of carbonyl (C=O) groups excluding carboxylic acids is 12. The monoisotopic (exact) mass is 1920 g/mol. The van der Waals surface area contributed by atoms with Gasteiger partial charge < -0.3 is 168 Å². The largest absolute Gasteiger partial charge is 4.00 e. The van der Waals surface area contributed by atoms with E-state index in [0.717, 1.165) is 25.7 Å². The molecule has 0 aliphatic carbocycles. The zero-order valence-electron chi connectivity index (χ0n) is 45.6. The SMILES string of the molecule is CCCCC(Cl)(Cl)C(=O)[O-].CCCCC(Cl)(Cl)C(=O)[O-].CCCCC(Cl)(Cl)C(=O)[O-].CCCCC(Cl)(Cl)C(=O)[O-].N.N.N.N.N.N.N.N.O=C([O-])CCC(=O)[O-].O=C([O-])CCC(=O)[O-].O=C([O-])CCC(=O)[O-].O=C([O-])CCC(=O)[O-].[Pt+4].[Pt+4].[Pt+4]. The summed E-state index contributed by atoms with van der Waals surface area (Å²) in [6.07, 6.45) is 3.48. The van der Waals surface area contributed by atoms with Gasteiger partial charge in [0.25, 0.3) is 0 Å². The zero-order chi connectivity index (χ0) is 59.1. The summed E-state index contributed by atoms with van der Waals surface area (Å²) in [5.74, 6) is -16.6. The molecule has 0 atom stereocenters. The fourth-order valence-corrected chi connectivity index (χ4v) is 3.89. The van der Waals surface area contributed by atoms with Crippen LogP contribution in [0.4, 0.5) is 0 Å². The van der Waals surface area contributed by atoms with Gasteiger partial charge in [-0.15, -0.1) is 0 Å². The van der Waals surface area contributed by atoms with E-state index in [2.05, 4.69) is 0 Å². The normalized spacial score (nSPS) is 8.82. The molecule has 0 aromatic heterocycles. The van der Waals surface area contributed by atoms with Gasteiger partial charge in [-0.05, 0) is 77.0 Å². The third kappa shape index (κ3) is 126. The number of hydrogen-bond acceptors (Lipinski definition) is 32. The van der Waals surface area contributed by atoms with Crippen molar-refractivity contribution in [1.29, 1.82) is 0 Å². The molecule has 0 fully saturated rings. The van der Waals surface area contributed by atoms with E-state index in [-0.39, 0.29) is 138 Å². The summed E-state index contributed by atoms with van der Waals surface area (Å²) in [7, 11) is 0. The van der Waals surface area contributed by atoms with Crippen LogP contribution in [-0.2, 0) is 121 Å². The van der Waals surface area contributed by atoms with Crippen molar-refractivity contribution in [3.8, 4) is 0 Å². The molecule has 24 N–H and O–H groups in total. The topological polar surface area (TPSA) is 762 Å². The molecule has 83 heavy (non-hydrogen) atoms. The van der Waals surface area contributed by atoms with Crippen LogP contribution < -0.4 is 110 Å². The Morgan fingerprint density at radius 1 is 0.241 bits per heavy atom. The van der Waals surface area contributed by atoms with E-state index < -0.39 is 140 Å². The molecule has 0 aliphatic rings. The molecule has 0 amide bonds. The predicted octanol–water partition coefficient (Wildman–Crippen LogP) is -5.24. The Morgan fingerprint density at radius 3 is 0.373 bits per heavy atom. The fourth-order valence-electron chi connectivity index (χ4n) is 2.82. The fraction of sp³-hybridized carbons (Fsp3) is 0.700. The second kappa shape index (κ2) is 81.8. The maximum absolute atomic E-state index is 10.2. The minimum atomic E-state index is -1.70. The van der Waals surface area contributed by atoms with E-state index in [1.807, 2.05) is 27.7 Å². The van der Waals surface area contributed by atoms with E-state index in [0.29, 0.717) is 25.7 Å². The second-order valence-electron chi connectivity index (χ2n) is 13.4. The summed E-state index contributed by atoms with van der Waals surface area (Å²) in [6, 6.07) is 0.